The molecule has 4 rings (SSSR count). The normalized spacial score (nSPS) is 11.4. The lowest BCUT2D eigenvalue weighted by Crippen LogP contribution is -2.22. The summed E-state index contributed by atoms with van der Waals surface area (Å²) in [6.45, 7) is 1.36. The van der Waals surface area contributed by atoms with Crippen LogP contribution in [0.25, 0.3) is 21.6 Å². The SMILES string of the molecule is COc1ccc(-c2nc(=S)n(CN(C)Cc3nc4ccccc4s3)[nH]2)cc1. The number of H-pyrrole nitrogens is 1. The second kappa shape index (κ2) is 7.59. The predicted octanol–water partition coefficient (Wildman–Crippen LogP) is 4.32. The quantitative estimate of drug-likeness (QED) is 0.491. The molecule has 1 N–H and O–H groups in total. The van der Waals surface area contributed by atoms with Crippen LogP contribution in [0.5, 0.6) is 5.75 Å². The number of methoxy groups -OCH3 is 1. The molecule has 0 atom stereocenters. The molecule has 2 heterocycles. The van der Waals surface area contributed by atoms with Gasteiger partial charge < -0.3 is 4.74 Å². The Bertz CT molecular complexity index is 1080. The van der Waals surface area contributed by atoms with Gasteiger partial charge in [-0.1, -0.05) is 12.1 Å². The van der Waals surface area contributed by atoms with E-state index in [9.17, 15) is 0 Å². The highest BCUT2D eigenvalue weighted by Gasteiger charge is 2.10. The van der Waals surface area contributed by atoms with Crippen LogP contribution in [0.4, 0.5) is 0 Å². The Balaban J connectivity index is 1.48. The highest BCUT2D eigenvalue weighted by Crippen LogP contribution is 2.23. The molecule has 138 valence electrons. The Kier molecular flexibility index (Phi) is 5.02. The Morgan fingerprint density at radius 2 is 1.93 bits per heavy atom. The molecular formula is C19H19N5OS2. The van der Waals surface area contributed by atoms with Crippen LogP contribution in [0.15, 0.2) is 48.5 Å². The molecule has 0 spiro atoms. The van der Waals surface area contributed by atoms with Gasteiger partial charge in [0.2, 0.25) is 4.77 Å². The summed E-state index contributed by atoms with van der Waals surface area (Å²) in [5, 5.41) is 4.36. The summed E-state index contributed by atoms with van der Waals surface area (Å²) in [6.07, 6.45) is 0. The number of rotatable bonds is 6. The largest absolute Gasteiger partial charge is 0.497 e. The number of ether oxygens (including phenoxy) is 1. The third-order valence-corrected chi connectivity index (χ3v) is 5.50. The number of nitrogens with zero attached hydrogens (tertiary/aromatic N) is 4. The molecule has 0 bridgehead atoms. The molecule has 4 aromatic rings. The van der Waals surface area contributed by atoms with Gasteiger partial charge in [-0.2, -0.15) is 4.98 Å². The van der Waals surface area contributed by atoms with Crippen LogP contribution in [0.2, 0.25) is 0 Å². The van der Waals surface area contributed by atoms with Gasteiger partial charge in [0, 0.05) is 5.56 Å². The maximum atomic E-state index is 5.41. The third kappa shape index (κ3) is 3.92. The van der Waals surface area contributed by atoms with Gasteiger partial charge in [-0.3, -0.25) is 10.00 Å². The van der Waals surface area contributed by atoms with E-state index in [1.165, 1.54) is 4.70 Å². The maximum Gasteiger partial charge on any atom is 0.217 e. The molecule has 0 unspecified atom stereocenters. The van der Waals surface area contributed by atoms with E-state index in [4.69, 9.17) is 17.0 Å². The molecule has 0 aliphatic rings. The van der Waals surface area contributed by atoms with E-state index in [1.54, 1.807) is 18.4 Å². The summed E-state index contributed by atoms with van der Waals surface area (Å²) in [6, 6.07) is 15.9. The number of aromatic nitrogens is 4. The van der Waals surface area contributed by atoms with Crippen molar-refractivity contribution in [1.29, 1.82) is 0 Å². The van der Waals surface area contributed by atoms with Crippen molar-refractivity contribution in [2.24, 2.45) is 0 Å². The lowest BCUT2D eigenvalue weighted by atomic mass is 10.2. The molecular weight excluding hydrogens is 378 g/mol. The predicted molar refractivity (Wildman–Crippen MR) is 110 cm³/mol. The van der Waals surface area contributed by atoms with Gasteiger partial charge in [0.1, 0.15) is 10.8 Å². The van der Waals surface area contributed by atoms with Crippen LogP contribution in [-0.4, -0.2) is 38.8 Å². The second-order valence-electron chi connectivity index (χ2n) is 6.24. The van der Waals surface area contributed by atoms with Gasteiger partial charge in [0.05, 0.1) is 30.5 Å². The summed E-state index contributed by atoms with van der Waals surface area (Å²) in [5.41, 5.74) is 2.01. The summed E-state index contributed by atoms with van der Waals surface area (Å²) in [4.78, 5) is 11.3. The van der Waals surface area contributed by atoms with Crippen molar-refractivity contribution in [3.8, 4) is 17.1 Å². The first-order valence-corrected chi connectivity index (χ1v) is 9.69. The fourth-order valence-electron chi connectivity index (χ4n) is 2.84. The molecule has 0 aliphatic heterocycles. The van der Waals surface area contributed by atoms with Crippen molar-refractivity contribution in [2.75, 3.05) is 14.2 Å². The van der Waals surface area contributed by atoms with E-state index in [0.29, 0.717) is 11.4 Å². The van der Waals surface area contributed by atoms with Crippen LogP contribution in [-0.2, 0) is 13.2 Å². The average molecular weight is 398 g/mol. The number of hydrogen-bond donors (Lipinski definition) is 1. The molecule has 2 aromatic heterocycles. The van der Waals surface area contributed by atoms with E-state index in [2.05, 4.69) is 26.0 Å². The lowest BCUT2D eigenvalue weighted by molar-refractivity contribution is 0.244. The van der Waals surface area contributed by atoms with Crippen molar-refractivity contribution in [3.63, 3.8) is 0 Å². The molecule has 27 heavy (non-hydrogen) atoms. The highest BCUT2D eigenvalue weighted by molar-refractivity contribution is 7.71. The molecule has 0 aliphatic carbocycles. The maximum absolute atomic E-state index is 5.41. The molecule has 0 saturated heterocycles. The zero-order valence-electron chi connectivity index (χ0n) is 15.0. The van der Waals surface area contributed by atoms with Crippen LogP contribution in [0, 0.1) is 4.77 Å². The number of hydrogen-bond acceptors (Lipinski definition) is 6. The van der Waals surface area contributed by atoms with Crippen LogP contribution >= 0.6 is 23.6 Å². The van der Waals surface area contributed by atoms with Gasteiger partial charge in [0.25, 0.3) is 0 Å². The van der Waals surface area contributed by atoms with Crippen molar-refractivity contribution >= 4 is 33.8 Å². The topological polar surface area (TPSA) is 59.0 Å². The van der Waals surface area contributed by atoms with Crippen molar-refractivity contribution in [1.82, 2.24) is 24.6 Å². The Morgan fingerprint density at radius 1 is 1.15 bits per heavy atom. The molecule has 2 aromatic carbocycles. The number of fused-ring (bicyclic) bond motifs is 1. The van der Waals surface area contributed by atoms with E-state index in [-0.39, 0.29) is 0 Å². The summed E-state index contributed by atoms with van der Waals surface area (Å²) < 4.78 is 8.79. The van der Waals surface area contributed by atoms with Crippen LogP contribution in [0.3, 0.4) is 0 Å². The highest BCUT2D eigenvalue weighted by atomic mass is 32.1. The van der Waals surface area contributed by atoms with E-state index >= 15 is 0 Å². The smallest absolute Gasteiger partial charge is 0.217 e. The first kappa shape index (κ1) is 17.8. The molecule has 0 fully saturated rings. The molecule has 6 nitrogen and oxygen atoms in total. The van der Waals surface area contributed by atoms with Gasteiger partial charge in [-0.05, 0) is 55.7 Å². The van der Waals surface area contributed by atoms with Gasteiger partial charge >= 0.3 is 0 Å². The van der Waals surface area contributed by atoms with Crippen LogP contribution < -0.4 is 4.74 Å². The minimum Gasteiger partial charge on any atom is -0.497 e. The average Bonchev–Trinajstić information content (AvgIpc) is 3.24. The van der Waals surface area contributed by atoms with Gasteiger partial charge in [-0.15, -0.1) is 11.3 Å². The van der Waals surface area contributed by atoms with E-state index < -0.39 is 0 Å². The number of nitrogens with one attached hydrogen (secondary N) is 1. The van der Waals surface area contributed by atoms with Crippen LogP contribution in [0.1, 0.15) is 5.01 Å². The zero-order chi connectivity index (χ0) is 18.8. The minimum atomic E-state index is 0.525. The first-order chi connectivity index (χ1) is 13.1. The van der Waals surface area contributed by atoms with Gasteiger partial charge in [0.15, 0.2) is 5.82 Å². The molecule has 8 heteroatoms. The first-order valence-electron chi connectivity index (χ1n) is 8.46. The molecule has 0 amide bonds. The number of benzene rings is 2. The zero-order valence-corrected chi connectivity index (χ0v) is 16.7. The fraction of sp³-hybridized carbons (Fsp3) is 0.211. The number of aromatic amines is 1. The Hall–Kier alpha value is -2.55. The third-order valence-electron chi connectivity index (χ3n) is 4.17. The number of thiazole rings is 1. The van der Waals surface area contributed by atoms with Gasteiger partial charge in [-0.25, -0.2) is 9.67 Å². The molecule has 0 saturated carbocycles. The van der Waals surface area contributed by atoms with Crippen molar-refractivity contribution in [3.05, 3.63) is 58.3 Å². The minimum absolute atomic E-state index is 0.525. The summed E-state index contributed by atoms with van der Waals surface area (Å²) >= 11 is 7.13. The van der Waals surface area contributed by atoms with Crippen molar-refractivity contribution in [2.45, 2.75) is 13.2 Å². The standard InChI is InChI=1S/C19H19N5OS2/c1-23(11-17-20-15-5-3-4-6-16(15)27-17)12-24-19(26)21-18(22-24)13-7-9-14(25-2)10-8-13/h3-10H,11-12H2,1-2H3,(H,21,22,26). The van der Waals surface area contributed by atoms with Crippen molar-refractivity contribution < 1.29 is 4.74 Å². The summed E-state index contributed by atoms with van der Waals surface area (Å²) in [7, 11) is 3.69. The fourth-order valence-corrected chi connectivity index (χ4v) is 4.08. The number of para-hydroxylation sites is 1. The lowest BCUT2D eigenvalue weighted by Gasteiger charge is -2.15. The van der Waals surface area contributed by atoms with E-state index in [0.717, 1.165) is 34.2 Å². The Labute approximate surface area is 166 Å². The molecule has 0 radical (unpaired) electrons. The monoisotopic (exact) mass is 397 g/mol. The Morgan fingerprint density at radius 3 is 2.67 bits per heavy atom. The second-order valence-corrected chi connectivity index (χ2v) is 7.72. The summed E-state index contributed by atoms with van der Waals surface area (Å²) in [5.74, 6) is 1.56. The van der Waals surface area contributed by atoms with E-state index in [1.807, 2.05) is 54.2 Å².